The molecule has 1 aromatic heterocycles. The third-order valence-corrected chi connectivity index (χ3v) is 3.50. The maximum atomic E-state index is 9.14. The second-order valence-corrected chi connectivity index (χ2v) is 4.59. The normalized spacial score (nSPS) is 17.5. The zero-order valence-corrected chi connectivity index (χ0v) is 10.7. The lowest BCUT2D eigenvalue weighted by atomic mass is 10.1. The summed E-state index contributed by atoms with van der Waals surface area (Å²) in [4.78, 5) is 6.57. The molecule has 0 radical (unpaired) electrons. The summed E-state index contributed by atoms with van der Waals surface area (Å²) in [6, 6.07) is 3.69. The predicted molar refractivity (Wildman–Crippen MR) is 67.4 cm³/mol. The van der Waals surface area contributed by atoms with Crippen LogP contribution in [0.15, 0.2) is 12.1 Å². The molecule has 0 unspecified atom stereocenters. The topological polar surface area (TPSA) is 45.6 Å². The summed E-state index contributed by atoms with van der Waals surface area (Å²) in [6.45, 7) is 1.73. The number of ether oxygens (including phenoxy) is 1. The van der Waals surface area contributed by atoms with Crippen molar-refractivity contribution in [2.45, 2.75) is 25.6 Å². The van der Waals surface area contributed by atoms with Gasteiger partial charge in [0.05, 0.1) is 23.4 Å². The van der Waals surface area contributed by atoms with Gasteiger partial charge in [-0.2, -0.15) is 0 Å². The van der Waals surface area contributed by atoms with Gasteiger partial charge in [0.15, 0.2) is 0 Å². The highest BCUT2D eigenvalue weighted by molar-refractivity contribution is 6.31. The standard InChI is InChI=1S/C12H17ClN2O2/c1-17-9-4-6-15(7-5-9)12-3-2-10(13)11(8-16)14-12/h2-3,9,16H,4-8H2,1H3. The van der Waals surface area contributed by atoms with Crippen molar-refractivity contribution in [2.24, 2.45) is 0 Å². The number of aromatic nitrogens is 1. The van der Waals surface area contributed by atoms with E-state index in [1.807, 2.05) is 6.07 Å². The first kappa shape index (κ1) is 12.6. The van der Waals surface area contributed by atoms with E-state index in [-0.39, 0.29) is 6.61 Å². The van der Waals surface area contributed by atoms with Crippen LogP contribution in [-0.2, 0) is 11.3 Å². The van der Waals surface area contributed by atoms with Crippen molar-refractivity contribution in [3.8, 4) is 0 Å². The maximum Gasteiger partial charge on any atom is 0.129 e. The lowest BCUT2D eigenvalue weighted by molar-refractivity contribution is 0.0818. The minimum absolute atomic E-state index is 0.124. The SMILES string of the molecule is COC1CCN(c2ccc(Cl)c(CO)n2)CC1. The van der Waals surface area contributed by atoms with E-state index in [1.54, 1.807) is 13.2 Å². The number of rotatable bonds is 3. The molecule has 0 bridgehead atoms. The Morgan fingerprint density at radius 1 is 1.47 bits per heavy atom. The van der Waals surface area contributed by atoms with Crippen molar-refractivity contribution in [2.75, 3.05) is 25.1 Å². The van der Waals surface area contributed by atoms with Crippen LogP contribution in [0, 0.1) is 0 Å². The van der Waals surface area contributed by atoms with Crippen molar-refractivity contribution >= 4 is 17.4 Å². The molecule has 1 aliphatic heterocycles. The fourth-order valence-electron chi connectivity index (χ4n) is 2.08. The van der Waals surface area contributed by atoms with E-state index < -0.39 is 0 Å². The van der Waals surface area contributed by atoms with Crippen molar-refractivity contribution < 1.29 is 9.84 Å². The van der Waals surface area contributed by atoms with Crippen LogP contribution in [0.2, 0.25) is 5.02 Å². The number of anilines is 1. The van der Waals surface area contributed by atoms with Crippen molar-refractivity contribution in [1.82, 2.24) is 4.98 Å². The van der Waals surface area contributed by atoms with E-state index in [1.165, 1.54) is 0 Å². The second-order valence-electron chi connectivity index (χ2n) is 4.18. The lowest BCUT2D eigenvalue weighted by Gasteiger charge is -2.32. The molecule has 0 spiro atoms. The number of methoxy groups -OCH3 is 1. The van der Waals surface area contributed by atoms with Gasteiger partial charge in [-0.05, 0) is 25.0 Å². The Kier molecular flexibility index (Phi) is 4.20. The summed E-state index contributed by atoms with van der Waals surface area (Å²) >= 11 is 5.92. The van der Waals surface area contributed by atoms with Gasteiger partial charge >= 0.3 is 0 Å². The van der Waals surface area contributed by atoms with Gasteiger partial charge in [0, 0.05) is 20.2 Å². The molecular weight excluding hydrogens is 240 g/mol. The summed E-state index contributed by atoms with van der Waals surface area (Å²) in [7, 11) is 1.75. The molecule has 1 fully saturated rings. The molecule has 1 aliphatic rings. The van der Waals surface area contributed by atoms with Gasteiger partial charge in [0.25, 0.3) is 0 Å². The summed E-state index contributed by atoms with van der Waals surface area (Å²) in [5, 5.41) is 9.65. The van der Waals surface area contributed by atoms with E-state index >= 15 is 0 Å². The third-order valence-electron chi connectivity index (χ3n) is 3.15. The quantitative estimate of drug-likeness (QED) is 0.897. The number of hydrogen-bond acceptors (Lipinski definition) is 4. The Labute approximate surface area is 106 Å². The largest absolute Gasteiger partial charge is 0.390 e. The van der Waals surface area contributed by atoms with Crippen LogP contribution in [0.25, 0.3) is 0 Å². The highest BCUT2D eigenvalue weighted by Crippen LogP contribution is 2.23. The number of aliphatic hydroxyl groups is 1. The fourth-order valence-corrected chi connectivity index (χ4v) is 2.25. The third kappa shape index (κ3) is 2.89. The van der Waals surface area contributed by atoms with Crippen molar-refractivity contribution in [1.29, 1.82) is 0 Å². The number of aliphatic hydroxyl groups excluding tert-OH is 1. The molecule has 0 aromatic carbocycles. The van der Waals surface area contributed by atoms with E-state index in [0.29, 0.717) is 16.8 Å². The van der Waals surface area contributed by atoms with E-state index in [9.17, 15) is 0 Å². The average Bonchev–Trinajstić information content (AvgIpc) is 2.39. The molecule has 0 amide bonds. The number of pyridine rings is 1. The maximum absolute atomic E-state index is 9.14. The molecule has 2 heterocycles. The van der Waals surface area contributed by atoms with E-state index in [2.05, 4.69) is 9.88 Å². The van der Waals surface area contributed by atoms with Gasteiger partial charge in [-0.3, -0.25) is 0 Å². The van der Waals surface area contributed by atoms with Gasteiger partial charge in [-0.1, -0.05) is 11.6 Å². The van der Waals surface area contributed by atoms with Crippen LogP contribution in [-0.4, -0.2) is 36.4 Å². The first-order chi connectivity index (χ1) is 8.24. The molecule has 0 saturated carbocycles. The smallest absolute Gasteiger partial charge is 0.129 e. The summed E-state index contributed by atoms with van der Waals surface area (Å²) < 4.78 is 5.33. The Hall–Kier alpha value is -0.840. The summed E-state index contributed by atoms with van der Waals surface area (Å²) in [6.07, 6.45) is 2.38. The molecule has 0 aliphatic carbocycles. The monoisotopic (exact) mass is 256 g/mol. The summed E-state index contributed by atoms with van der Waals surface area (Å²) in [5.41, 5.74) is 0.540. The Morgan fingerprint density at radius 3 is 2.76 bits per heavy atom. The Bertz CT molecular complexity index is 379. The average molecular weight is 257 g/mol. The van der Waals surface area contributed by atoms with Crippen molar-refractivity contribution in [3.05, 3.63) is 22.8 Å². The number of hydrogen-bond donors (Lipinski definition) is 1. The van der Waals surface area contributed by atoms with Crippen LogP contribution in [0.5, 0.6) is 0 Å². The molecule has 1 aromatic rings. The number of piperidine rings is 1. The molecule has 5 heteroatoms. The van der Waals surface area contributed by atoms with Crippen LogP contribution < -0.4 is 4.90 Å². The van der Waals surface area contributed by atoms with Gasteiger partial charge in [-0.15, -0.1) is 0 Å². The molecule has 1 N–H and O–H groups in total. The molecule has 4 nitrogen and oxygen atoms in total. The minimum Gasteiger partial charge on any atom is -0.390 e. The predicted octanol–water partition coefficient (Wildman–Crippen LogP) is 1.84. The van der Waals surface area contributed by atoms with Gasteiger partial charge in [0.2, 0.25) is 0 Å². The Morgan fingerprint density at radius 2 is 2.18 bits per heavy atom. The first-order valence-corrected chi connectivity index (χ1v) is 6.16. The molecule has 17 heavy (non-hydrogen) atoms. The van der Waals surface area contributed by atoms with Gasteiger partial charge in [0.1, 0.15) is 5.82 Å². The van der Waals surface area contributed by atoms with Crippen LogP contribution in [0.1, 0.15) is 18.5 Å². The van der Waals surface area contributed by atoms with Crippen molar-refractivity contribution in [3.63, 3.8) is 0 Å². The highest BCUT2D eigenvalue weighted by atomic mass is 35.5. The van der Waals surface area contributed by atoms with Crippen LogP contribution >= 0.6 is 11.6 Å². The lowest BCUT2D eigenvalue weighted by Crippen LogP contribution is -2.37. The molecular formula is C12H17ClN2O2. The van der Waals surface area contributed by atoms with Crippen LogP contribution in [0.4, 0.5) is 5.82 Å². The first-order valence-electron chi connectivity index (χ1n) is 5.78. The minimum atomic E-state index is -0.124. The fraction of sp³-hybridized carbons (Fsp3) is 0.583. The van der Waals surface area contributed by atoms with E-state index in [0.717, 1.165) is 31.7 Å². The summed E-state index contributed by atoms with van der Waals surface area (Å²) in [5.74, 6) is 0.882. The molecule has 0 atom stereocenters. The van der Waals surface area contributed by atoms with Crippen LogP contribution in [0.3, 0.4) is 0 Å². The van der Waals surface area contributed by atoms with E-state index in [4.69, 9.17) is 21.4 Å². The number of halogens is 1. The van der Waals surface area contributed by atoms with Gasteiger partial charge in [-0.25, -0.2) is 4.98 Å². The molecule has 1 saturated heterocycles. The molecule has 94 valence electrons. The Balaban J connectivity index is 2.08. The second kappa shape index (κ2) is 5.67. The zero-order chi connectivity index (χ0) is 12.3. The zero-order valence-electron chi connectivity index (χ0n) is 9.90. The number of nitrogens with zero attached hydrogens (tertiary/aromatic N) is 2. The van der Waals surface area contributed by atoms with Gasteiger partial charge < -0.3 is 14.7 Å². The molecule has 2 rings (SSSR count). The highest BCUT2D eigenvalue weighted by Gasteiger charge is 2.20.